The van der Waals surface area contributed by atoms with Crippen molar-refractivity contribution in [2.75, 3.05) is 0 Å². The third-order valence-corrected chi connectivity index (χ3v) is 3.14. The Labute approximate surface area is 98.3 Å². The molecule has 0 spiro atoms. The zero-order valence-corrected chi connectivity index (χ0v) is 9.92. The molecule has 0 aliphatic rings. The van der Waals surface area contributed by atoms with Crippen LogP contribution in [0.2, 0.25) is 5.02 Å². The molecule has 0 aliphatic carbocycles. The van der Waals surface area contributed by atoms with Crippen LogP contribution in [0.3, 0.4) is 0 Å². The molecule has 0 aromatic heterocycles. The fourth-order valence-electron chi connectivity index (χ4n) is 1.12. The summed E-state index contributed by atoms with van der Waals surface area (Å²) in [6, 6.07) is 7.60. The van der Waals surface area contributed by atoms with Gasteiger partial charge in [0.25, 0.3) is 0 Å². The predicted molar refractivity (Wildman–Crippen MR) is 64.8 cm³/mol. The van der Waals surface area contributed by atoms with Crippen LogP contribution in [0.25, 0.3) is 0 Å². The van der Waals surface area contributed by atoms with Gasteiger partial charge >= 0.3 is 0 Å². The van der Waals surface area contributed by atoms with E-state index in [-0.39, 0.29) is 11.1 Å². The zero-order chi connectivity index (χ0) is 11.3. The lowest BCUT2D eigenvalue weighted by molar-refractivity contribution is 0.317. The summed E-state index contributed by atoms with van der Waals surface area (Å²) in [6.45, 7) is 2.03. The maximum Gasteiger partial charge on any atom is 0.140 e. The second kappa shape index (κ2) is 5.88. The van der Waals surface area contributed by atoms with Crippen LogP contribution in [0.5, 0.6) is 0 Å². The lowest BCUT2D eigenvalue weighted by Gasteiger charge is -2.09. The van der Waals surface area contributed by atoms with Gasteiger partial charge < -0.3 is 10.9 Å². The number of amidine groups is 1. The molecule has 5 heteroatoms. The van der Waals surface area contributed by atoms with E-state index in [2.05, 4.69) is 5.16 Å². The summed E-state index contributed by atoms with van der Waals surface area (Å²) in [5, 5.41) is 12.4. The van der Waals surface area contributed by atoms with Gasteiger partial charge in [0, 0.05) is 21.6 Å². The first-order valence-electron chi connectivity index (χ1n) is 4.50. The first-order valence-corrected chi connectivity index (χ1v) is 5.76. The van der Waals surface area contributed by atoms with Gasteiger partial charge in [-0.05, 0) is 24.3 Å². The van der Waals surface area contributed by atoms with E-state index in [0.717, 1.165) is 9.92 Å². The van der Waals surface area contributed by atoms with Crippen molar-refractivity contribution < 1.29 is 5.21 Å². The van der Waals surface area contributed by atoms with E-state index < -0.39 is 0 Å². The number of oxime groups is 1. The zero-order valence-electron chi connectivity index (χ0n) is 8.35. The Hall–Kier alpha value is -0.870. The Balaban J connectivity index is 2.51. The molecule has 15 heavy (non-hydrogen) atoms. The van der Waals surface area contributed by atoms with Crippen molar-refractivity contribution in [3.8, 4) is 0 Å². The van der Waals surface area contributed by atoms with Crippen molar-refractivity contribution in [1.82, 2.24) is 0 Å². The Bertz CT molecular complexity index is 340. The van der Waals surface area contributed by atoms with E-state index in [4.69, 9.17) is 22.5 Å². The van der Waals surface area contributed by atoms with E-state index in [0.29, 0.717) is 6.42 Å². The van der Waals surface area contributed by atoms with Crippen molar-refractivity contribution in [3.63, 3.8) is 0 Å². The molecule has 1 aromatic rings. The van der Waals surface area contributed by atoms with E-state index in [1.165, 1.54) is 0 Å². The third-order valence-electron chi connectivity index (χ3n) is 1.78. The normalized spacial score (nSPS) is 13.9. The van der Waals surface area contributed by atoms with Gasteiger partial charge in [-0.15, -0.1) is 11.8 Å². The molecular weight excluding hydrogens is 232 g/mol. The van der Waals surface area contributed by atoms with Gasteiger partial charge in [0.05, 0.1) is 0 Å². The second-order valence-electron chi connectivity index (χ2n) is 3.18. The fourth-order valence-corrected chi connectivity index (χ4v) is 2.26. The molecule has 1 atom stereocenters. The van der Waals surface area contributed by atoms with E-state index in [1.54, 1.807) is 11.8 Å². The van der Waals surface area contributed by atoms with Crippen LogP contribution in [0.15, 0.2) is 34.3 Å². The average molecular weight is 245 g/mol. The quantitative estimate of drug-likeness (QED) is 0.282. The second-order valence-corrected chi connectivity index (χ2v) is 5.13. The van der Waals surface area contributed by atoms with Crippen LogP contribution in [-0.4, -0.2) is 16.3 Å². The highest BCUT2D eigenvalue weighted by atomic mass is 35.5. The lowest BCUT2D eigenvalue weighted by atomic mass is 10.3. The molecule has 0 saturated heterocycles. The summed E-state index contributed by atoms with van der Waals surface area (Å²) < 4.78 is 0. The standard InChI is InChI=1S/C10H13ClN2OS/c1-7(6-10(12)13-14)15-9-4-2-8(11)3-5-9/h2-5,7,14H,6H2,1H3,(H2,12,13). The molecule has 1 unspecified atom stereocenters. The minimum atomic E-state index is 0.254. The number of nitrogens with two attached hydrogens (primary N) is 1. The van der Waals surface area contributed by atoms with Crippen molar-refractivity contribution in [1.29, 1.82) is 0 Å². The molecule has 82 valence electrons. The van der Waals surface area contributed by atoms with E-state index >= 15 is 0 Å². The van der Waals surface area contributed by atoms with Gasteiger partial charge in [-0.25, -0.2) is 0 Å². The smallest absolute Gasteiger partial charge is 0.140 e. The molecule has 0 amide bonds. The van der Waals surface area contributed by atoms with Crippen LogP contribution in [0, 0.1) is 0 Å². The molecule has 1 aromatic carbocycles. The maximum absolute atomic E-state index is 8.42. The van der Waals surface area contributed by atoms with Crippen molar-refractivity contribution in [2.24, 2.45) is 10.9 Å². The number of hydrogen-bond acceptors (Lipinski definition) is 3. The predicted octanol–water partition coefficient (Wildman–Crippen LogP) is 2.96. The van der Waals surface area contributed by atoms with Gasteiger partial charge in [-0.3, -0.25) is 0 Å². The summed E-state index contributed by atoms with van der Waals surface area (Å²) >= 11 is 7.44. The summed E-state index contributed by atoms with van der Waals surface area (Å²) in [5.41, 5.74) is 5.42. The van der Waals surface area contributed by atoms with Crippen LogP contribution in [0.4, 0.5) is 0 Å². The molecule has 0 fully saturated rings. The summed E-state index contributed by atoms with van der Waals surface area (Å²) in [7, 11) is 0. The third kappa shape index (κ3) is 4.44. The summed E-state index contributed by atoms with van der Waals surface area (Å²) in [6.07, 6.45) is 0.559. The van der Waals surface area contributed by atoms with Crippen molar-refractivity contribution in [2.45, 2.75) is 23.5 Å². The molecule has 0 aliphatic heterocycles. The Morgan fingerprint density at radius 3 is 2.67 bits per heavy atom. The molecule has 3 nitrogen and oxygen atoms in total. The number of halogens is 1. The SMILES string of the molecule is CC(CC(N)=NO)Sc1ccc(Cl)cc1. The first kappa shape index (κ1) is 12.2. The highest BCUT2D eigenvalue weighted by molar-refractivity contribution is 8.00. The van der Waals surface area contributed by atoms with Gasteiger partial charge in [0.15, 0.2) is 0 Å². The fraction of sp³-hybridized carbons (Fsp3) is 0.300. The molecule has 3 N–H and O–H groups in total. The van der Waals surface area contributed by atoms with E-state index in [9.17, 15) is 0 Å². The Morgan fingerprint density at radius 2 is 2.13 bits per heavy atom. The van der Waals surface area contributed by atoms with Gasteiger partial charge in [0.1, 0.15) is 5.84 Å². The van der Waals surface area contributed by atoms with Gasteiger partial charge in [-0.1, -0.05) is 23.7 Å². The largest absolute Gasteiger partial charge is 0.409 e. The lowest BCUT2D eigenvalue weighted by Crippen LogP contribution is -2.16. The highest BCUT2D eigenvalue weighted by Crippen LogP contribution is 2.26. The van der Waals surface area contributed by atoms with Crippen LogP contribution in [0.1, 0.15) is 13.3 Å². The van der Waals surface area contributed by atoms with Crippen LogP contribution >= 0.6 is 23.4 Å². The van der Waals surface area contributed by atoms with E-state index in [1.807, 2.05) is 31.2 Å². The highest BCUT2D eigenvalue weighted by Gasteiger charge is 2.06. The minimum absolute atomic E-state index is 0.254. The van der Waals surface area contributed by atoms with Crippen molar-refractivity contribution >= 4 is 29.2 Å². The topological polar surface area (TPSA) is 58.6 Å². The van der Waals surface area contributed by atoms with Crippen LogP contribution < -0.4 is 5.73 Å². The Kier molecular flexibility index (Phi) is 4.78. The minimum Gasteiger partial charge on any atom is -0.409 e. The molecule has 1 rings (SSSR count). The average Bonchev–Trinajstić information content (AvgIpc) is 2.21. The number of hydrogen-bond donors (Lipinski definition) is 2. The molecule has 0 radical (unpaired) electrons. The van der Waals surface area contributed by atoms with Crippen molar-refractivity contribution in [3.05, 3.63) is 29.3 Å². The number of rotatable bonds is 4. The number of benzene rings is 1. The maximum atomic E-state index is 8.42. The van der Waals surface area contributed by atoms with Gasteiger partial charge in [0.2, 0.25) is 0 Å². The Morgan fingerprint density at radius 1 is 1.53 bits per heavy atom. The molecule has 0 bridgehead atoms. The van der Waals surface area contributed by atoms with Gasteiger partial charge in [-0.2, -0.15) is 0 Å². The molecule has 0 saturated carbocycles. The summed E-state index contributed by atoms with van der Waals surface area (Å²) in [5.74, 6) is 0.254. The first-order chi connectivity index (χ1) is 7.11. The number of nitrogens with zero attached hydrogens (tertiary/aromatic N) is 1. The summed E-state index contributed by atoms with van der Waals surface area (Å²) in [4.78, 5) is 1.12. The van der Waals surface area contributed by atoms with Crippen LogP contribution in [-0.2, 0) is 0 Å². The molecular formula is C10H13ClN2OS. The monoisotopic (exact) mass is 244 g/mol. The number of thioether (sulfide) groups is 1. The molecule has 0 heterocycles.